The zero-order chi connectivity index (χ0) is 7.26. The minimum Gasteiger partial charge on any atom is -0.341 e. The molecule has 1 aliphatic carbocycles. The van der Waals surface area contributed by atoms with Crippen LogP contribution >= 0.6 is 11.8 Å². The molecule has 0 spiro atoms. The van der Waals surface area contributed by atoms with Crippen molar-refractivity contribution in [2.45, 2.75) is 31.3 Å². The zero-order valence-corrected chi connectivity index (χ0v) is 7.31. The smallest absolute Gasteiger partial charge is 0.159 e. The molecule has 3 rings (SSSR count). The summed E-state index contributed by atoms with van der Waals surface area (Å²) < 4.78 is 0. The molecule has 0 radical (unpaired) electrons. The van der Waals surface area contributed by atoms with Crippen LogP contribution in [0.25, 0.3) is 0 Å². The van der Waals surface area contributed by atoms with Crippen molar-refractivity contribution in [3.63, 3.8) is 0 Å². The molecule has 3 aliphatic rings. The Hall–Kier alpha value is -0.180. The van der Waals surface area contributed by atoms with E-state index in [1.54, 1.807) is 0 Å². The second kappa shape index (κ2) is 2.16. The fourth-order valence-electron chi connectivity index (χ4n) is 2.30. The standard InChI is InChI=1S/C8H12N2S/c1-2-6-7(3-1)10(6)8-9-4-5-11-8/h6-7H,1-5H2. The minimum atomic E-state index is 0.902. The molecule has 0 aromatic heterocycles. The van der Waals surface area contributed by atoms with Gasteiger partial charge in [-0.3, -0.25) is 4.99 Å². The van der Waals surface area contributed by atoms with Crippen LogP contribution in [0.1, 0.15) is 19.3 Å². The largest absolute Gasteiger partial charge is 0.341 e. The summed E-state index contributed by atoms with van der Waals surface area (Å²) in [7, 11) is 0. The highest BCUT2D eigenvalue weighted by molar-refractivity contribution is 8.14. The van der Waals surface area contributed by atoms with Crippen molar-refractivity contribution in [3.05, 3.63) is 0 Å². The van der Waals surface area contributed by atoms with Crippen molar-refractivity contribution < 1.29 is 0 Å². The highest BCUT2D eigenvalue weighted by Gasteiger charge is 2.52. The third-order valence-electron chi connectivity index (χ3n) is 2.86. The predicted octanol–water partition coefficient (Wildman–Crippen LogP) is 1.33. The molecule has 1 saturated heterocycles. The number of likely N-dealkylation sites (tertiary alicyclic amines) is 1. The van der Waals surface area contributed by atoms with Crippen LogP contribution in [0.5, 0.6) is 0 Å². The Labute approximate surface area is 71.1 Å². The van der Waals surface area contributed by atoms with Gasteiger partial charge in [-0.1, -0.05) is 11.8 Å². The number of thioether (sulfide) groups is 1. The molecular formula is C8H12N2S. The van der Waals surface area contributed by atoms with Gasteiger partial charge in [0.15, 0.2) is 5.17 Å². The van der Waals surface area contributed by atoms with E-state index in [1.165, 1.54) is 30.2 Å². The minimum absolute atomic E-state index is 0.902. The second-order valence-electron chi connectivity index (χ2n) is 3.49. The Balaban J connectivity index is 1.74. The molecule has 2 unspecified atom stereocenters. The van der Waals surface area contributed by atoms with E-state index in [1.807, 2.05) is 11.8 Å². The van der Waals surface area contributed by atoms with Crippen molar-refractivity contribution in [3.8, 4) is 0 Å². The van der Waals surface area contributed by atoms with E-state index < -0.39 is 0 Å². The van der Waals surface area contributed by atoms with Crippen LogP contribution in [0.4, 0.5) is 0 Å². The summed E-state index contributed by atoms with van der Waals surface area (Å²) >= 11 is 1.95. The number of aliphatic imine (C=N–C) groups is 1. The summed E-state index contributed by atoms with van der Waals surface area (Å²) in [6, 6.07) is 1.80. The molecule has 2 heterocycles. The lowest BCUT2D eigenvalue weighted by Crippen LogP contribution is -2.11. The third-order valence-corrected chi connectivity index (χ3v) is 3.84. The number of hydrogen-bond donors (Lipinski definition) is 0. The average Bonchev–Trinajstić information content (AvgIpc) is 2.57. The molecule has 0 bridgehead atoms. The van der Waals surface area contributed by atoms with Gasteiger partial charge in [-0.15, -0.1) is 0 Å². The van der Waals surface area contributed by atoms with Crippen molar-refractivity contribution >= 4 is 16.9 Å². The molecule has 2 fully saturated rings. The van der Waals surface area contributed by atoms with Crippen LogP contribution in [-0.2, 0) is 0 Å². The van der Waals surface area contributed by atoms with E-state index in [2.05, 4.69) is 9.89 Å². The Bertz CT molecular complexity index is 204. The van der Waals surface area contributed by atoms with Crippen LogP contribution in [0.3, 0.4) is 0 Å². The molecule has 2 aliphatic heterocycles. The molecule has 60 valence electrons. The summed E-state index contributed by atoms with van der Waals surface area (Å²) in [4.78, 5) is 7.01. The number of amidine groups is 1. The van der Waals surface area contributed by atoms with Gasteiger partial charge in [0, 0.05) is 5.75 Å². The van der Waals surface area contributed by atoms with Gasteiger partial charge < -0.3 is 4.90 Å². The maximum atomic E-state index is 4.49. The predicted molar refractivity (Wildman–Crippen MR) is 48.0 cm³/mol. The Morgan fingerprint density at radius 1 is 1.36 bits per heavy atom. The van der Waals surface area contributed by atoms with Crippen LogP contribution in [0.2, 0.25) is 0 Å². The zero-order valence-electron chi connectivity index (χ0n) is 6.49. The normalized spacial score (nSPS) is 40.7. The lowest BCUT2D eigenvalue weighted by Gasteiger charge is -2.06. The summed E-state index contributed by atoms with van der Waals surface area (Å²) in [5.41, 5.74) is 0. The number of hydrogen-bond acceptors (Lipinski definition) is 3. The molecule has 0 N–H and O–H groups in total. The van der Waals surface area contributed by atoms with E-state index in [4.69, 9.17) is 0 Å². The number of rotatable bonds is 0. The summed E-state index contributed by atoms with van der Waals surface area (Å²) in [5.74, 6) is 1.21. The van der Waals surface area contributed by atoms with Gasteiger partial charge in [0.25, 0.3) is 0 Å². The Kier molecular flexibility index (Phi) is 1.24. The van der Waals surface area contributed by atoms with Gasteiger partial charge in [-0.25, -0.2) is 0 Å². The molecule has 3 heteroatoms. The quantitative estimate of drug-likeness (QED) is 0.507. The van der Waals surface area contributed by atoms with E-state index in [-0.39, 0.29) is 0 Å². The topological polar surface area (TPSA) is 15.4 Å². The highest BCUT2D eigenvalue weighted by atomic mass is 32.2. The Morgan fingerprint density at radius 2 is 2.18 bits per heavy atom. The molecule has 0 amide bonds. The Morgan fingerprint density at radius 3 is 2.82 bits per heavy atom. The summed E-state index contributed by atoms with van der Waals surface area (Å²) in [6.45, 7) is 1.05. The number of fused-ring (bicyclic) bond motifs is 1. The van der Waals surface area contributed by atoms with E-state index in [0.29, 0.717) is 0 Å². The van der Waals surface area contributed by atoms with Gasteiger partial charge in [0.05, 0.1) is 18.6 Å². The molecule has 0 aromatic carbocycles. The first-order valence-corrected chi connectivity index (χ1v) is 5.41. The van der Waals surface area contributed by atoms with Gasteiger partial charge in [-0.05, 0) is 19.3 Å². The first-order chi connectivity index (χ1) is 5.47. The van der Waals surface area contributed by atoms with Crippen molar-refractivity contribution in [1.82, 2.24) is 4.90 Å². The second-order valence-corrected chi connectivity index (χ2v) is 4.55. The molecule has 1 saturated carbocycles. The van der Waals surface area contributed by atoms with E-state index in [0.717, 1.165) is 18.6 Å². The van der Waals surface area contributed by atoms with Crippen LogP contribution in [0, 0.1) is 0 Å². The van der Waals surface area contributed by atoms with Crippen LogP contribution < -0.4 is 0 Å². The van der Waals surface area contributed by atoms with Gasteiger partial charge in [-0.2, -0.15) is 0 Å². The van der Waals surface area contributed by atoms with Gasteiger partial charge in [0.1, 0.15) is 0 Å². The monoisotopic (exact) mass is 168 g/mol. The number of piperidine rings is 1. The lowest BCUT2D eigenvalue weighted by atomic mass is 10.3. The van der Waals surface area contributed by atoms with Gasteiger partial charge in [0.2, 0.25) is 0 Å². The van der Waals surface area contributed by atoms with Crippen LogP contribution in [-0.4, -0.2) is 34.4 Å². The highest BCUT2D eigenvalue weighted by Crippen LogP contribution is 2.44. The van der Waals surface area contributed by atoms with E-state index in [9.17, 15) is 0 Å². The molecular weight excluding hydrogens is 156 g/mol. The molecule has 0 aromatic rings. The third kappa shape index (κ3) is 0.835. The first kappa shape index (κ1) is 6.35. The average molecular weight is 168 g/mol. The maximum absolute atomic E-state index is 4.49. The van der Waals surface area contributed by atoms with Crippen molar-refractivity contribution in [1.29, 1.82) is 0 Å². The fourth-order valence-corrected chi connectivity index (χ4v) is 3.27. The molecule has 11 heavy (non-hydrogen) atoms. The van der Waals surface area contributed by atoms with E-state index >= 15 is 0 Å². The van der Waals surface area contributed by atoms with Crippen molar-refractivity contribution in [2.24, 2.45) is 4.99 Å². The molecule has 2 nitrogen and oxygen atoms in total. The SMILES string of the molecule is C1CC2C(C1)N2C1=NCCS1. The fraction of sp³-hybridized carbons (Fsp3) is 0.875. The summed E-state index contributed by atoms with van der Waals surface area (Å²) in [6.07, 6.45) is 4.29. The first-order valence-electron chi connectivity index (χ1n) is 4.42. The summed E-state index contributed by atoms with van der Waals surface area (Å²) in [5, 5.41) is 1.35. The molecule has 2 atom stereocenters. The van der Waals surface area contributed by atoms with Gasteiger partial charge >= 0.3 is 0 Å². The number of nitrogens with zero attached hydrogens (tertiary/aromatic N) is 2. The maximum Gasteiger partial charge on any atom is 0.159 e. The van der Waals surface area contributed by atoms with Crippen molar-refractivity contribution in [2.75, 3.05) is 12.3 Å². The van der Waals surface area contributed by atoms with Crippen LogP contribution in [0.15, 0.2) is 4.99 Å². The lowest BCUT2D eigenvalue weighted by molar-refractivity contribution is 0.586.